The molecule has 0 fully saturated rings. The molecule has 0 saturated carbocycles. The topological polar surface area (TPSA) is 17.8 Å². The molecule has 0 unspecified atom stereocenters. The average Bonchev–Trinajstić information content (AvgIpc) is 2.81. The number of rotatable bonds is 2. The summed E-state index contributed by atoms with van der Waals surface area (Å²) in [6.07, 6.45) is 0. The van der Waals surface area contributed by atoms with Crippen LogP contribution in [0.4, 0.5) is 0 Å². The van der Waals surface area contributed by atoms with E-state index in [1.54, 1.807) is 6.07 Å². The molecule has 3 aromatic rings. The zero-order chi connectivity index (χ0) is 14.1. The summed E-state index contributed by atoms with van der Waals surface area (Å²) < 4.78 is 2.69. The number of hydrogen-bond acceptors (Lipinski definition) is 1. The van der Waals surface area contributed by atoms with Gasteiger partial charge < -0.3 is 0 Å². The lowest BCUT2D eigenvalue weighted by molar-refractivity contribution is 0.864. The van der Waals surface area contributed by atoms with Gasteiger partial charge in [-0.2, -0.15) is 5.10 Å². The first-order chi connectivity index (χ1) is 9.63. The van der Waals surface area contributed by atoms with E-state index in [2.05, 4.69) is 21.0 Å². The molecule has 0 amide bonds. The van der Waals surface area contributed by atoms with E-state index in [0.29, 0.717) is 10.0 Å². The quantitative estimate of drug-likeness (QED) is 0.575. The first-order valence-electron chi connectivity index (χ1n) is 5.91. The fourth-order valence-corrected chi connectivity index (χ4v) is 2.98. The molecule has 0 N–H and O–H groups in total. The van der Waals surface area contributed by atoms with Gasteiger partial charge in [0.2, 0.25) is 0 Å². The highest BCUT2D eigenvalue weighted by Gasteiger charge is 2.10. The highest BCUT2D eigenvalue weighted by atomic mass is 79.9. The first-order valence-corrected chi connectivity index (χ1v) is 7.46. The van der Waals surface area contributed by atoms with E-state index in [1.807, 2.05) is 53.2 Å². The molecule has 0 bridgehead atoms. The summed E-state index contributed by atoms with van der Waals surface area (Å²) in [5, 5.41) is 5.78. The van der Waals surface area contributed by atoms with Crippen LogP contribution in [0, 0.1) is 0 Å². The molecule has 0 radical (unpaired) electrons. The molecular formula is C15H9BrCl2N2. The molecule has 100 valence electrons. The molecule has 2 aromatic carbocycles. The lowest BCUT2D eigenvalue weighted by Gasteiger charge is -2.02. The van der Waals surface area contributed by atoms with E-state index in [4.69, 9.17) is 23.2 Å². The predicted molar refractivity (Wildman–Crippen MR) is 86.7 cm³/mol. The van der Waals surface area contributed by atoms with Crippen LogP contribution >= 0.6 is 39.1 Å². The fourth-order valence-electron chi connectivity index (χ4n) is 1.95. The number of benzene rings is 2. The molecule has 5 heteroatoms. The van der Waals surface area contributed by atoms with Gasteiger partial charge in [0.15, 0.2) is 0 Å². The zero-order valence-corrected chi connectivity index (χ0v) is 13.3. The van der Waals surface area contributed by atoms with Gasteiger partial charge in [0.05, 0.1) is 11.4 Å². The summed E-state index contributed by atoms with van der Waals surface area (Å²) in [6, 6.07) is 17.2. The van der Waals surface area contributed by atoms with Crippen molar-refractivity contribution in [3.05, 3.63) is 69.2 Å². The molecule has 3 rings (SSSR count). The molecule has 1 aromatic heterocycles. The van der Waals surface area contributed by atoms with Crippen LogP contribution in [0.3, 0.4) is 0 Å². The van der Waals surface area contributed by atoms with Crippen molar-refractivity contribution in [1.29, 1.82) is 0 Å². The van der Waals surface area contributed by atoms with E-state index in [-0.39, 0.29) is 0 Å². The highest BCUT2D eigenvalue weighted by Crippen LogP contribution is 2.29. The number of hydrogen-bond donors (Lipinski definition) is 0. The van der Waals surface area contributed by atoms with Gasteiger partial charge in [-0.15, -0.1) is 0 Å². The third-order valence-corrected chi connectivity index (χ3v) is 3.83. The normalized spacial score (nSPS) is 10.8. The van der Waals surface area contributed by atoms with Crippen molar-refractivity contribution in [1.82, 2.24) is 9.78 Å². The maximum Gasteiger partial charge on any atom is 0.110 e. The van der Waals surface area contributed by atoms with E-state index < -0.39 is 0 Å². The Kier molecular flexibility index (Phi) is 3.83. The van der Waals surface area contributed by atoms with Crippen LogP contribution in [0.15, 0.2) is 59.2 Å². The summed E-state index contributed by atoms with van der Waals surface area (Å²) in [5.74, 6) is 0. The number of nitrogens with zero attached hydrogens (tertiary/aromatic N) is 2. The third kappa shape index (κ3) is 2.75. The van der Waals surface area contributed by atoms with Crippen molar-refractivity contribution >= 4 is 39.1 Å². The molecule has 0 aliphatic carbocycles. The van der Waals surface area contributed by atoms with Gasteiger partial charge in [0.1, 0.15) is 4.60 Å². The van der Waals surface area contributed by atoms with E-state index >= 15 is 0 Å². The molecular weight excluding hydrogens is 359 g/mol. The van der Waals surface area contributed by atoms with E-state index in [0.717, 1.165) is 21.5 Å². The number of para-hydroxylation sites is 1. The Morgan fingerprint density at radius 2 is 1.55 bits per heavy atom. The molecule has 0 aliphatic rings. The molecule has 0 aliphatic heterocycles. The second-order valence-corrected chi connectivity index (χ2v) is 5.94. The van der Waals surface area contributed by atoms with Gasteiger partial charge in [0, 0.05) is 15.6 Å². The number of aromatic nitrogens is 2. The average molecular weight is 368 g/mol. The second kappa shape index (κ2) is 5.60. The van der Waals surface area contributed by atoms with Crippen LogP contribution in [0.1, 0.15) is 0 Å². The molecule has 0 spiro atoms. The van der Waals surface area contributed by atoms with Crippen LogP contribution in [0.5, 0.6) is 0 Å². The van der Waals surface area contributed by atoms with Gasteiger partial charge in [-0.05, 0) is 52.3 Å². The van der Waals surface area contributed by atoms with Gasteiger partial charge in [-0.1, -0.05) is 41.4 Å². The standard InChI is InChI=1S/C15H9BrCl2N2/c16-15-9-14(10-6-11(17)8-12(18)7-10)19-20(15)13-4-2-1-3-5-13/h1-9H. The van der Waals surface area contributed by atoms with Crippen molar-refractivity contribution in [3.8, 4) is 16.9 Å². The van der Waals surface area contributed by atoms with Crippen molar-refractivity contribution < 1.29 is 0 Å². The Morgan fingerprint density at radius 3 is 2.20 bits per heavy atom. The van der Waals surface area contributed by atoms with Crippen LogP contribution in [-0.4, -0.2) is 9.78 Å². The fraction of sp³-hybridized carbons (Fsp3) is 0. The molecule has 20 heavy (non-hydrogen) atoms. The van der Waals surface area contributed by atoms with Crippen LogP contribution < -0.4 is 0 Å². The van der Waals surface area contributed by atoms with Crippen molar-refractivity contribution in [3.63, 3.8) is 0 Å². The SMILES string of the molecule is Clc1cc(Cl)cc(-c2cc(Br)n(-c3ccccc3)n2)c1. The van der Waals surface area contributed by atoms with Crippen LogP contribution in [0.2, 0.25) is 10.0 Å². The summed E-state index contributed by atoms with van der Waals surface area (Å²) in [7, 11) is 0. The Labute approximate surface area is 135 Å². The lowest BCUT2D eigenvalue weighted by atomic mass is 10.2. The number of halogens is 3. The van der Waals surface area contributed by atoms with Gasteiger partial charge in [-0.25, -0.2) is 4.68 Å². The smallest absolute Gasteiger partial charge is 0.110 e. The third-order valence-electron chi connectivity index (χ3n) is 2.82. The summed E-state index contributed by atoms with van der Waals surface area (Å²) in [6.45, 7) is 0. The minimum atomic E-state index is 0.595. The highest BCUT2D eigenvalue weighted by molar-refractivity contribution is 9.10. The second-order valence-electron chi connectivity index (χ2n) is 4.26. The maximum atomic E-state index is 6.03. The van der Waals surface area contributed by atoms with Crippen molar-refractivity contribution in [2.45, 2.75) is 0 Å². The van der Waals surface area contributed by atoms with Gasteiger partial charge in [0.25, 0.3) is 0 Å². The first kappa shape index (κ1) is 13.7. The van der Waals surface area contributed by atoms with Gasteiger partial charge in [-0.3, -0.25) is 0 Å². The van der Waals surface area contributed by atoms with Gasteiger partial charge >= 0.3 is 0 Å². The molecule has 0 atom stereocenters. The monoisotopic (exact) mass is 366 g/mol. The van der Waals surface area contributed by atoms with Crippen molar-refractivity contribution in [2.24, 2.45) is 0 Å². The Morgan fingerprint density at radius 1 is 0.900 bits per heavy atom. The molecule has 0 saturated heterocycles. The largest absolute Gasteiger partial charge is 0.226 e. The molecule has 2 nitrogen and oxygen atoms in total. The van der Waals surface area contributed by atoms with E-state index in [9.17, 15) is 0 Å². The van der Waals surface area contributed by atoms with E-state index in [1.165, 1.54) is 0 Å². The minimum Gasteiger partial charge on any atom is -0.226 e. The summed E-state index contributed by atoms with van der Waals surface area (Å²) in [5.41, 5.74) is 2.68. The predicted octanol–water partition coefficient (Wildman–Crippen LogP) is 5.61. The summed E-state index contributed by atoms with van der Waals surface area (Å²) in [4.78, 5) is 0. The maximum absolute atomic E-state index is 6.03. The Hall–Kier alpha value is -1.29. The minimum absolute atomic E-state index is 0.595. The Bertz CT molecular complexity index is 734. The Balaban J connectivity index is 2.09. The van der Waals surface area contributed by atoms with Crippen LogP contribution in [-0.2, 0) is 0 Å². The van der Waals surface area contributed by atoms with Crippen LogP contribution in [0.25, 0.3) is 16.9 Å². The zero-order valence-electron chi connectivity index (χ0n) is 10.2. The van der Waals surface area contributed by atoms with Crippen molar-refractivity contribution in [2.75, 3.05) is 0 Å². The lowest BCUT2D eigenvalue weighted by Crippen LogP contribution is -1.96. The summed E-state index contributed by atoms with van der Waals surface area (Å²) >= 11 is 15.6. The molecule has 1 heterocycles.